The third kappa shape index (κ3) is 3.87. The lowest BCUT2D eigenvalue weighted by Gasteiger charge is -2.17. The van der Waals surface area contributed by atoms with Gasteiger partial charge in [0.05, 0.1) is 11.6 Å². The molecule has 2 aromatic rings. The van der Waals surface area contributed by atoms with Crippen LogP contribution in [0.1, 0.15) is 16.7 Å². The zero-order valence-corrected chi connectivity index (χ0v) is 11.1. The maximum atomic E-state index is 13.3. The number of nitriles is 1. The normalized spacial score (nSPS) is 10.6. The molecule has 0 aliphatic carbocycles. The van der Waals surface area contributed by atoms with Gasteiger partial charge >= 0.3 is 0 Å². The molecule has 2 rings (SSSR count). The summed E-state index contributed by atoms with van der Waals surface area (Å²) in [4.78, 5) is 1.94. The van der Waals surface area contributed by atoms with Gasteiger partial charge in [0.15, 0.2) is 0 Å². The summed E-state index contributed by atoms with van der Waals surface area (Å²) in [5.41, 5.74) is 1.88. The third-order valence-corrected chi connectivity index (χ3v) is 2.88. The minimum absolute atomic E-state index is 0.270. The zero-order chi connectivity index (χ0) is 14.5. The Labute approximate surface area is 116 Å². The largest absolute Gasteiger partial charge is 0.298 e. The van der Waals surface area contributed by atoms with Gasteiger partial charge in [-0.25, -0.2) is 8.78 Å². The summed E-state index contributed by atoms with van der Waals surface area (Å²) in [5.74, 6) is -0.688. The van der Waals surface area contributed by atoms with Crippen LogP contribution in [0, 0.1) is 23.0 Å². The first-order valence-electron chi connectivity index (χ1n) is 6.19. The summed E-state index contributed by atoms with van der Waals surface area (Å²) in [6.07, 6.45) is 0. The van der Waals surface area contributed by atoms with Crippen LogP contribution in [0.5, 0.6) is 0 Å². The molecule has 0 fully saturated rings. The highest BCUT2D eigenvalue weighted by atomic mass is 19.1. The van der Waals surface area contributed by atoms with Gasteiger partial charge in [-0.15, -0.1) is 0 Å². The van der Waals surface area contributed by atoms with Crippen LogP contribution in [-0.4, -0.2) is 11.9 Å². The zero-order valence-electron chi connectivity index (χ0n) is 11.1. The summed E-state index contributed by atoms with van der Waals surface area (Å²) in [7, 11) is 1.86. The number of rotatable bonds is 4. The van der Waals surface area contributed by atoms with Crippen molar-refractivity contribution < 1.29 is 8.78 Å². The fraction of sp³-hybridized carbons (Fsp3) is 0.188. The quantitative estimate of drug-likeness (QED) is 0.852. The molecule has 0 spiro atoms. The number of nitrogens with zero attached hydrogens (tertiary/aromatic N) is 2. The van der Waals surface area contributed by atoms with Gasteiger partial charge in [-0.1, -0.05) is 12.1 Å². The van der Waals surface area contributed by atoms with Gasteiger partial charge in [0.25, 0.3) is 0 Å². The first-order chi connectivity index (χ1) is 9.56. The van der Waals surface area contributed by atoms with Crippen LogP contribution in [0.15, 0.2) is 42.5 Å². The van der Waals surface area contributed by atoms with E-state index in [9.17, 15) is 8.78 Å². The fourth-order valence-electron chi connectivity index (χ4n) is 2.12. The lowest BCUT2D eigenvalue weighted by atomic mass is 10.1. The van der Waals surface area contributed by atoms with Gasteiger partial charge in [0, 0.05) is 13.1 Å². The van der Waals surface area contributed by atoms with Crippen LogP contribution in [0.4, 0.5) is 8.78 Å². The highest BCUT2D eigenvalue weighted by Crippen LogP contribution is 2.13. The van der Waals surface area contributed by atoms with Gasteiger partial charge in [0.1, 0.15) is 11.6 Å². The van der Waals surface area contributed by atoms with Crippen LogP contribution in [0.25, 0.3) is 0 Å². The molecule has 0 unspecified atom stereocenters. The van der Waals surface area contributed by atoms with E-state index in [0.717, 1.165) is 11.1 Å². The highest BCUT2D eigenvalue weighted by Gasteiger charge is 2.05. The number of hydrogen-bond acceptors (Lipinski definition) is 2. The number of benzene rings is 2. The molecule has 0 heterocycles. The molecule has 20 heavy (non-hydrogen) atoms. The molecule has 0 aromatic heterocycles. The molecule has 0 atom stereocenters. The van der Waals surface area contributed by atoms with Crippen LogP contribution < -0.4 is 0 Å². The second-order valence-electron chi connectivity index (χ2n) is 4.76. The van der Waals surface area contributed by atoms with E-state index in [1.54, 1.807) is 12.1 Å². The molecule has 0 saturated heterocycles. The van der Waals surface area contributed by atoms with Gasteiger partial charge in [-0.3, -0.25) is 4.90 Å². The molecule has 0 aliphatic heterocycles. The highest BCUT2D eigenvalue weighted by molar-refractivity contribution is 5.33. The predicted octanol–water partition coefficient (Wildman–Crippen LogP) is 3.47. The molecular formula is C16H14F2N2. The minimum Gasteiger partial charge on any atom is -0.298 e. The van der Waals surface area contributed by atoms with E-state index in [1.807, 2.05) is 24.1 Å². The molecular weight excluding hydrogens is 258 g/mol. The van der Waals surface area contributed by atoms with Crippen molar-refractivity contribution in [2.45, 2.75) is 13.1 Å². The summed E-state index contributed by atoms with van der Waals surface area (Å²) in [6.45, 7) is 1.04. The Kier molecular flexibility index (Phi) is 4.44. The molecule has 2 aromatic carbocycles. The van der Waals surface area contributed by atoms with Crippen molar-refractivity contribution in [3.8, 4) is 6.07 Å². The lowest BCUT2D eigenvalue weighted by molar-refractivity contribution is 0.318. The molecule has 0 aliphatic rings. The number of hydrogen-bond donors (Lipinski definition) is 0. The van der Waals surface area contributed by atoms with Gasteiger partial charge in [-0.2, -0.15) is 5.26 Å². The second-order valence-corrected chi connectivity index (χ2v) is 4.76. The summed E-state index contributed by atoms with van der Waals surface area (Å²) in [6, 6.07) is 12.6. The molecule has 0 amide bonds. The van der Waals surface area contributed by atoms with E-state index >= 15 is 0 Å². The van der Waals surface area contributed by atoms with Crippen LogP contribution >= 0.6 is 0 Å². The van der Waals surface area contributed by atoms with Crippen LogP contribution in [0.2, 0.25) is 0 Å². The van der Waals surface area contributed by atoms with Crippen LogP contribution in [-0.2, 0) is 13.1 Å². The molecule has 0 bridgehead atoms. The van der Waals surface area contributed by atoms with Crippen molar-refractivity contribution in [3.63, 3.8) is 0 Å². The number of halogens is 2. The lowest BCUT2D eigenvalue weighted by Crippen LogP contribution is -2.17. The van der Waals surface area contributed by atoms with Crippen molar-refractivity contribution in [1.29, 1.82) is 5.26 Å². The monoisotopic (exact) mass is 272 g/mol. The third-order valence-electron chi connectivity index (χ3n) is 2.88. The van der Waals surface area contributed by atoms with E-state index in [2.05, 4.69) is 0 Å². The molecule has 0 saturated carbocycles. The molecule has 0 radical (unpaired) electrons. The van der Waals surface area contributed by atoms with E-state index in [1.165, 1.54) is 24.3 Å². The van der Waals surface area contributed by atoms with Gasteiger partial charge in [0.2, 0.25) is 0 Å². The summed E-state index contributed by atoms with van der Waals surface area (Å²) < 4.78 is 26.4. The van der Waals surface area contributed by atoms with Crippen molar-refractivity contribution in [1.82, 2.24) is 4.90 Å². The molecule has 0 N–H and O–H groups in total. The van der Waals surface area contributed by atoms with Crippen molar-refractivity contribution in [3.05, 3.63) is 70.8 Å². The van der Waals surface area contributed by atoms with E-state index < -0.39 is 5.82 Å². The second kappa shape index (κ2) is 6.27. The van der Waals surface area contributed by atoms with Crippen LogP contribution in [0.3, 0.4) is 0 Å². The standard InChI is InChI=1S/C16H14F2N2/c1-20(10-12-3-2-4-15(17)6-12)11-14-5-13(9-19)7-16(18)8-14/h2-8H,10-11H2,1H3. The Morgan fingerprint density at radius 1 is 1.00 bits per heavy atom. The Hall–Kier alpha value is -2.25. The first kappa shape index (κ1) is 14.2. The van der Waals surface area contributed by atoms with Gasteiger partial charge in [-0.05, 0) is 48.5 Å². The topological polar surface area (TPSA) is 27.0 Å². The molecule has 4 heteroatoms. The molecule has 2 nitrogen and oxygen atoms in total. The van der Waals surface area contributed by atoms with E-state index in [0.29, 0.717) is 18.7 Å². The first-order valence-corrected chi connectivity index (χ1v) is 6.19. The molecule has 102 valence electrons. The van der Waals surface area contributed by atoms with Gasteiger partial charge < -0.3 is 0 Å². The predicted molar refractivity (Wildman–Crippen MR) is 72.7 cm³/mol. The average molecular weight is 272 g/mol. The Morgan fingerprint density at radius 3 is 2.40 bits per heavy atom. The minimum atomic E-state index is -0.418. The maximum Gasteiger partial charge on any atom is 0.124 e. The Balaban J connectivity index is 2.06. The Bertz CT molecular complexity index is 647. The maximum absolute atomic E-state index is 13.3. The summed E-state index contributed by atoms with van der Waals surface area (Å²) >= 11 is 0. The van der Waals surface area contributed by atoms with E-state index in [4.69, 9.17) is 5.26 Å². The average Bonchev–Trinajstić information content (AvgIpc) is 2.37. The van der Waals surface area contributed by atoms with Crippen molar-refractivity contribution in [2.24, 2.45) is 0 Å². The smallest absolute Gasteiger partial charge is 0.124 e. The van der Waals surface area contributed by atoms with E-state index in [-0.39, 0.29) is 5.82 Å². The summed E-state index contributed by atoms with van der Waals surface area (Å²) in [5, 5.41) is 8.81. The SMILES string of the molecule is CN(Cc1cccc(F)c1)Cc1cc(F)cc(C#N)c1. The van der Waals surface area contributed by atoms with Crippen molar-refractivity contribution in [2.75, 3.05) is 7.05 Å². The van der Waals surface area contributed by atoms with Crippen molar-refractivity contribution >= 4 is 0 Å². The fourth-order valence-corrected chi connectivity index (χ4v) is 2.12. The Morgan fingerprint density at radius 2 is 1.70 bits per heavy atom.